The number of aromatic nitrogens is 1. The lowest BCUT2D eigenvalue weighted by Gasteiger charge is -2.07. The maximum absolute atomic E-state index is 11.8. The highest BCUT2D eigenvalue weighted by Gasteiger charge is 2.02. The lowest BCUT2D eigenvalue weighted by atomic mass is 10.2. The highest BCUT2D eigenvalue weighted by atomic mass is 16.5. The van der Waals surface area contributed by atoms with E-state index in [-0.39, 0.29) is 12.0 Å². The first-order valence-electron chi connectivity index (χ1n) is 7.10. The van der Waals surface area contributed by atoms with Gasteiger partial charge in [0.05, 0.1) is 18.5 Å². The Balaban J connectivity index is 1.89. The second-order valence-electron chi connectivity index (χ2n) is 4.53. The molecule has 0 radical (unpaired) electrons. The van der Waals surface area contributed by atoms with Crippen molar-refractivity contribution in [3.63, 3.8) is 0 Å². The summed E-state index contributed by atoms with van der Waals surface area (Å²) in [7, 11) is 0. The summed E-state index contributed by atoms with van der Waals surface area (Å²) >= 11 is 0. The number of anilines is 2. The molecule has 0 spiro atoms. The van der Waals surface area contributed by atoms with Gasteiger partial charge in [0, 0.05) is 18.0 Å². The molecule has 1 aromatic carbocycles. The fraction of sp³-hybridized carbons (Fsp3) is 0.118. The Hall–Kier alpha value is -3.15. The summed E-state index contributed by atoms with van der Waals surface area (Å²) in [6.07, 6.45) is 6.20. The van der Waals surface area contributed by atoms with Crippen LogP contribution in [-0.4, -0.2) is 23.6 Å². The van der Waals surface area contributed by atoms with Gasteiger partial charge in [0.2, 0.25) is 0 Å². The summed E-state index contributed by atoms with van der Waals surface area (Å²) in [4.78, 5) is 27.0. The Kier molecular flexibility index (Phi) is 5.88. The Labute approximate surface area is 134 Å². The van der Waals surface area contributed by atoms with Crippen LogP contribution in [0.1, 0.15) is 12.5 Å². The maximum Gasteiger partial charge on any atom is 0.330 e. The normalized spacial score (nSPS) is 10.3. The molecule has 2 aromatic rings. The van der Waals surface area contributed by atoms with E-state index in [0.29, 0.717) is 18.0 Å². The average molecular weight is 311 g/mol. The molecule has 0 saturated heterocycles. The quantitative estimate of drug-likeness (QED) is 0.656. The number of amides is 2. The number of urea groups is 1. The van der Waals surface area contributed by atoms with E-state index < -0.39 is 0 Å². The Morgan fingerprint density at radius 3 is 2.52 bits per heavy atom. The van der Waals surface area contributed by atoms with Gasteiger partial charge in [-0.05, 0) is 42.8 Å². The van der Waals surface area contributed by atoms with Crippen LogP contribution in [-0.2, 0) is 9.53 Å². The van der Waals surface area contributed by atoms with Gasteiger partial charge in [0.1, 0.15) is 0 Å². The number of nitrogens with one attached hydrogen (secondary N) is 2. The average Bonchev–Trinajstić information content (AvgIpc) is 2.55. The smallest absolute Gasteiger partial charge is 0.330 e. The minimum absolute atomic E-state index is 0.345. The predicted molar refractivity (Wildman–Crippen MR) is 89.0 cm³/mol. The topological polar surface area (TPSA) is 80.3 Å². The summed E-state index contributed by atoms with van der Waals surface area (Å²) in [5.74, 6) is -0.384. The number of carbonyl (C=O) groups is 2. The van der Waals surface area contributed by atoms with Crippen molar-refractivity contribution in [3.8, 4) is 0 Å². The van der Waals surface area contributed by atoms with E-state index in [4.69, 9.17) is 4.74 Å². The van der Waals surface area contributed by atoms with Crippen LogP contribution in [0.4, 0.5) is 16.2 Å². The molecule has 0 unspecified atom stereocenters. The van der Waals surface area contributed by atoms with Crippen LogP contribution < -0.4 is 10.6 Å². The van der Waals surface area contributed by atoms with Gasteiger partial charge in [-0.15, -0.1) is 0 Å². The van der Waals surface area contributed by atoms with Crippen molar-refractivity contribution < 1.29 is 14.3 Å². The van der Waals surface area contributed by atoms with Gasteiger partial charge in [-0.1, -0.05) is 12.1 Å². The minimum Gasteiger partial charge on any atom is -0.463 e. The summed E-state index contributed by atoms with van der Waals surface area (Å²) in [5.41, 5.74) is 2.08. The number of rotatable bonds is 5. The number of esters is 1. The molecule has 118 valence electrons. The van der Waals surface area contributed by atoms with Crippen molar-refractivity contribution in [2.75, 3.05) is 17.2 Å². The van der Waals surface area contributed by atoms with E-state index in [1.807, 2.05) is 0 Å². The first-order chi connectivity index (χ1) is 11.2. The molecule has 6 nitrogen and oxygen atoms in total. The molecule has 2 N–H and O–H groups in total. The third kappa shape index (κ3) is 5.62. The van der Waals surface area contributed by atoms with Crippen molar-refractivity contribution in [1.29, 1.82) is 0 Å². The van der Waals surface area contributed by atoms with Crippen molar-refractivity contribution in [2.24, 2.45) is 0 Å². The van der Waals surface area contributed by atoms with Crippen molar-refractivity contribution in [2.45, 2.75) is 6.92 Å². The van der Waals surface area contributed by atoms with Gasteiger partial charge < -0.3 is 15.4 Å². The van der Waals surface area contributed by atoms with Gasteiger partial charge in [0.15, 0.2) is 0 Å². The zero-order valence-electron chi connectivity index (χ0n) is 12.7. The molecule has 6 heteroatoms. The fourth-order valence-corrected chi connectivity index (χ4v) is 1.76. The molecule has 0 saturated carbocycles. The highest BCUT2D eigenvalue weighted by molar-refractivity contribution is 5.99. The molecule has 0 atom stereocenters. The first-order valence-corrected chi connectivity index (χ1v) is 7.10. The van der Waals surface area contributed by atoms with Crippen LogP contribution in [0.5, 0.6) is 0 Å². The van der Waals surface area contributed by atoms with Crippen LogP contribution >= 0.6 is 0 Å². The molecule has 2 rings (SSSR count). The molecule has 0 aliphatic heterocycles. The van der Waals surface area contributed by atoms with Gasteiger partial charge in [-0.3, -0.25) is 4.98 Å². The number of hydrogen-bond acceptors (Lipinski definition) is 4. The van der Waals surface area contributed by atoms with Crippen molar-refractivity contribution >= 4 is 29.5 Å². The van der Waals surface area contributed by atoms with E-state index in [1.54, 1.807) is 61.8 Å². The number of nitrogens with zero attached hydrogens (tertiary/aromatic N) is 1. The Morgan fingerprint density at radius 1 is 1.13 bits per heavy atom. The summed E-state index contributed by atoms with van der Waals surface area (Å²) in [5, 5.41) is 5.38. The minimum atomic E-state index is -0.384. The predicted octanol–water partition coefficient (Wildman–Crippen LogP) is 3.30. The van der Waals surface area contributed by atoms with Crippen LogP contribution in [0.2, 0.25) is 0 Å². The van der Waals surface area contributed by atoms with E-state index >= 15 is 0 Å². The first kappa shape index (κ1) is 16.2. The van der Waals surface area contributed by atoms with Crippen LogP contribution in [0.3, 0.4) is 0 Å². The van der Waals surface area contributed by atoms with E-state index in [1.165, 1.54) is 6.08 Å². The number of benzene rings is 1. The van der Waals surface area contributed by atoms with Crippen LogP contribution in [0.15, 0.2) is 54.9 Å². The molecule has 0 aliphatic rings. The fourth-order valence-electron chi connectivity index (χ4n) is 1.76. The number of hydrogen-bond donors (Lipinski definition) is 2. The standard InChI is InChI=1S/C17H17N3O3/c1-2-23-16(21)10-7-13-5-8-14(9-6-13)19-17(22)20-15-4-3-11-18-12-15/h3-12H,2H2,1H3,(H2,19,20,22)/b10-7+. The second kappa shape index (κ2) is 8.33. The van der Waals surface area contributed by atoms with Crippen LogP contribution in [0, 0.1) is 0 Å². The SMILES string of the molecule is CCOC(=O)/C=C/c1ccc(NC(=O)Nc2cccnc2)cc1. The largest absolute Gasteiger partial charge is 0.463 e. The molecule has 0 bridgehead atoms. The molecular weight excluding hydrogens is 294 g/mol. The molecule has 1 heterocycles. The van der Waals surface area contributed by atoms with E-state index in [9.17, 15) is 9.59 Å². The molecule has 0 aliphatic carbocycles. The summed E-state index contributed by atoms with van der Waals surface area (Å²) in [6, 6.07) is 10.2. The van der Waals surface area contributed by atoms with Gasteiger partial charge >= 0.3 is 12.0 Å². The van der Waals surface area contributed by atoms with Gasteiger partial charge in [-0.2, -0.15) is 0 Å². The zero-order valence-corrected chi connectivity index (χ0v) is 12.7. The lowest BCUT2D eigenvalue weighted by Crippen LogP contribution is -2.19. The monoisotopic (exact) mass is 311 g/mol. The van der Waals surface area contributed by atoms with Crippen molar-refractivity contribution in [1.82, 2.24) is 4.98 Å². The third-order valence-corrected chi connectivity index (χ3v) is 2.79. The molecule has 2 amide bonds. The Morgan fingerprint density at radius 2 is 1.87 bits per heavy atom. The third-order valence-electron chi connectivity index (χ3n) is 2.79. The number of carbonyl (C=O) groups excluding carboxylic acids is 2. The zero-order chi connectivity index (χ0) is 16.5. The molecule has 23 heavy (non-hydrogen) atoms. The molecule has 1 aromatic heterocycles. The highest BCUT2D eigenvalue weighted by Crippen LogP contribution is 2.12. The van der Waals surface area contributed by atoms with Crippen molar-refractivity contribution in [3.05, 3.63) is 60.4 Å². The van der Waals surface area contributed by atoms with E-state index in [2.05, 4.69) is 15.6 Å². The summed E-state index contributed by atoms with van der Waals surface area (Å²) < 4.78 is 4.80. The summed E-state index contributed by atoms with van der Waals surface area (Å²) in [6.45, 7) is 2.10. The van der Waals surface area contributed by atoms with Gasteiger partial charge in [-0.25, -0.2) is 9.59 Å². The maximum atomic E-state index is 11.8. The second-order valence-corrected chi connectivity index (χ2v) is 4.53. The molecular formula is C17H17N3O3. The number of ether oxygens (including phenoxy) is 1. The molecule has 0 fully saturated rings. The van der Waals surface area contributed by atoms with Gasteiger partial charge in [0.25, 0.3) is 0 Å². The lowest BCUT2D eigenvalue weighted by molar-refractivity contribution is -0.137. The van der Waals surface area contributed by atoms with Crippen LogP contribution in [0.25, 0.3) is 6.08 Å². The Bertz CT molecular complexity index is 682. The number of pyridine rings is 1. The van der Waals surface area contributed by atoms with E-state index in [0.717, 1.165) is 5.56 Å².